The van der Waals surface area contributed by atoms with Crippen LogP contribution < -0.4 is 15.4 Å². The van der Waals surface area contributed by atoms with E-state index in [0.717, 1.165) is 31.4 Å². The van der Waals surface area contributed by atoms with Crippen molar-refractivity contribution in [2.45, 2.75) is 45.1 Å². The Morgan fingerprint density at radius 3 is 2.68 bits per heavy atom. The number of ether oxygens (including phenoxy) is 1. The number of hydrogen-bond donors (Lipinski definition) is 3. The summed E-state index contributed by atoms with van der Waals surface area (Å²) in [5.41, 5.74) is 0.969. The van der Waals surface area contributed by atoms with Gasteiger partial charge >= 0.3 is 0 Å². The second-order valence-electron chi connectivity index (χ2n) is 6.40. The van der Waals surface area contributed by atoms with E-state index in [1.807, 2.05) is 13.0 Å². The molecule has 0 radical (unpaired) electrons. The van der Waals surface area contributed by atoms with Gasteiger partial charge in [-0.2, -0.15) is 20.3 Å². The highest BCUT2D eigenvalue weighted by molar-refractivity contribution is 5.55. The summed E-state index contributed by atoms with van der Waals surface area (Å²) < 4.78 is 5.28. The number of rotatable bonds is 6. The molecule has 0 spiro atoms. The summed E-state index contributed by atoms with van der Waals surface area (Å²) in [7, 11) is 1.59. The van der Waals surface area contributed by atoms with Crippen molar-refractivity contribution in [3.8, 4) is 11.9 Å². The summed E-state index contributed by atoms with van der Waals surface area (Å²) in [4.78, 5) is 8.90. The normalized spacial score (nSPS) is 19.9. The maximum Gasteiger partial charge on any atom is 0.228 e. The molecular formula is C17H23N7O. The Labute approximate surface area is 147 Å². The van der Waals surface area contributed by atoms with Gasteiger partial charge in [-0.3, -0.25) is 5.10 Å². The zero-order chi connectivity index (χ0) is 17.6. The molecule has 3 N–H and O–H groups in total. The first-order valence-electron chi connectivity index (χ1n) is 8.52. The van der Waals surface area contributed by atoms with Gasteiger partial charge in [0.2, 0.25) is 11.8 Å². The van der Waals surface area contributed by atoms with Crippen molar-refractivity contribution in [2.75, 3.05) is 17.7 Å². The minimum absolute atomic E-state index is 0.322. The molecule has 0 atom stereocenters. The van der Waals surface area contributed by atoms with Gasteiger partial charge < -0.3 is 15.4 Å². The molecule has 0 amide bonds. The Balaban J connectivity index is 1.67. The predicted molar refractivity (Wildman–Crippen MR) is 94.8 cm³/mol. The van der Waals surface area contributed by atoms with Gasteiger partial charge in [-0.1, -0.05) is 0 Å². The minimum atomic E-state index is 0.322. The third-order valence-corrected chi connectivity index (χ3v) is 4.43. The van der Waals surface area contributed by atoms with Crippen LogP contribution in [0.15, 0.2) is 12.1 Å². The standard InChI is InChI=1S/C17H23N7O/c1-11-9-15(24-23-11)20-14-10-16(25-2)22-17(21-14)19-13-5-3-12(4-6-13)7-8-18/h9-10,12-13H,3-7H2,1-2H3,(H3,19,20,21,22,23,24). The van der Waals surface area contributed by atoms with E-state index in [1.165, 1.54) is 0 Å². The Kier molecular flexibility index (Phi) is 5.33. The van der Waals surface area contributed by atoms with E-state index in [9.17, 15) is 0 Å². The molecule has 2 heterocycles. The molecule has 8 heteroatoms. The third kappa shape index (κ3) is 4.59. The topological polar surface area (TPSA) is 112 Å². The van der Waals surface area contributed by atoms with Gasteiger partial charge in [0.15, 0.2) is 5.82 Å². The molecule has 3 rings (SSSR count). The first kappa shape index (κ1) is 17.0. The van der Waals surface area contributed by atoms with Crippen LogP contribution in [0.3, 0.4) is 0 Å². The van der Waals surface area contributed by atoms with Crippen LogP contribution in [0.5, 0.6) is 5.88 Å². The molecule has 132 valence electrons. The summed E-state index contributed by atoms with van der Waals surface area (Å²) in [6.45, 7) is 1.94. The Morgan fingerprint density at radius 2 is 2.04 bits per heavy atom. The molecule has 1 fully saturated rings. The van der Waals surface area contributed by atoms with Gasteiger partial charge in [-0.05, 0) is 38.5 Å². The molecular weight excluding hydrogens is 318 g/mol. The summed E-state index contributed by atoms with van der Waals surface area (Å²) in [5, 5.41) is 22.4. The van der Waals surface area contributed by atoms with E-state index in [-0.39, 0.29) is 0 Å². The molecule has 0 unspecified atom stereocenters. The first-order chi connectivity index (χ1) is 12.2. The van der Waals surface area contributed by atoms with Crippen molar-refractivity contribution in [1.82, 2.24) is 20.2 Å². The lowest BCUT2D eigenvalue weighted by Crippen LogP contribution is -2.27. The van der Waals surface area contributed by atoms with Crippen LogP contribution in [0, 0.1) is 24.2 Å². The maximum atomic E-state index is 8.82. The molecule has 2 aromatic heterocycles. The Morgan fingerprint density at radius 1 is 1.24 bits per heavy atom. The van der Waals surface area contributed by atoms with Gasteiger partial charge in [-0.25, -0.2) is 0 Å². The third-order valence-electron chi connectivity index (χ3n) is 4.43. The predicted octanol–water partition coefficient (Wildman–Crippen LogP) is 3.14. The van der Waals surface area contributed by atoms with Crippen LogP contribution in [0.25, 0.3) is 0 Å². The zero-order valence-electron chi connectivity index (χ0n) is 14.5. The molecule has 0 saturated heterocycles. The lowest BCUT2D eigenvalue weighted by atomic mass is 9.84. The number of aryl methyl sites for hydroxylation is 1. The highest BCUT2D eigenvalue weighted by atomic mass is 16.5. The zero-order valence-corrected chi connectivity index (χ0v) is 14.5. The Bertz CT molecular complexity index is 744. The summed E-state index contributed by atoms with van der Waals surface area (Å²) in [6.07, 6.45) is 4.82. The lowest BCUT2D eigenvalue weighted by molar-refractivity contribution is 0.341. The van der Waals surface area contributed by atoms with Crippen molar-refractivity contribution in [1.29, 1.82) is 5.26 Å². The quantitative estimate of drug-likeness (QED) is 0.740. The van der Waals surface area contributed by atoms with Crippen LogP contribution in [-0.2, 0) is 0 Å². The van der Waals surface area contributed by atoms with Gasteiger partial charge in [-0.15, -0.1) is 0 Å². The van der Waals surface area contributed by atoms with Gasteiger partial charge in [0.1, 0.15) is 5.82 Å². The number of hydrogen-bond acceptors (Lipinski definition) is 7. The molecule has 2 aromatic rings. The molecule has 1 aliphatic carbocycles. The SMILES string of the molecule is COc1cc(Nc2cc(C)[nH]n2)nc(NC2CCC(CC#N)CC2)n1. The second kappa shape index (κ2) is 7.83. The van der Waals surface area contributed by atoms with Gasteiger partial charge in [0.25, 0.3) is 0 Å². The first-order valence-corrected chi connectivity index (χ1v) is 8.52. The Hall–Kier alpha value is -2.82. The average Bonchev–Trinajstić information content (AvgIpc) is 3.01. The minimum Gasteiger partial charge on any atom is -0.481 e. The number of aromatic amines is 1. The number of aromatic nitrogens is 4. The summed E-state index contributed by atoms with van der Waals surface area (Å²) in [6, 6.07) is 6.23. The van der Waals surface area contributed by atoms with E-state index in [4.69, 9.17) is 10.00 Å². The number of nitriles is 1. The van der Waals surface area contributed by atoms with E-state index in [0.29, 0.717) is 41.8 Å². The van der Waals surface area contributed by atoms with E-state index >= 15 is 0 Å². The van der Waals surface area contributed by atoms with Gasteiger partial charge in [0.05, 0.1) is 13.2 Å². The largest absolute Gasteiger partial charge is 0.481 e. The second-order valence-corrected chi connectivity index (χ2v) is 6.40. The van der Waals surface area contributed by atoms with Crippen molar-refractivity contribution in [3.63, 3.8) is 0 Å². The molecule has 1 saturated carbocycles. The number of nitrogens with zero attached hydrogens (tertiary/aromatic N) is 4. The van der Waals surface area contributed by atoms with E-state index < -0.39 is 0 Å². The fourth-order valence-corrected chi connectivity index (χ4v) is 3.09. The molecule has 0 bridgehead atoms. The lowest BCUT2D eigenvalue weighted by Gasteiger charge is -2.27. The monoisotopic (exact) mass is 341 g/mol. The average molecular weight is 341 g/mol. The van der Waals surface area contributed by atoms with Crippen molar-refractivity contribution in [2.24, 2.45) is 5.92 Å². The van der Waals surface area contributed by atoms with Crippen LogP contribution in [0.2, 0.25) is 0 Å². The fraction of sp³-hybridized carbons (Fsp3) is 0.529. The van der Waals surface area contributed by atoms with Crippen LogP contribution in [0.4, 0.5) is 17.6 Å². The van der Waals surface area contributed by atoms with E-state index in [2.05, 4.69) is 36.9 Å². The van der Waals surface area contributed by atoms with Gasteiger partial charge in [0, 0.05) is 30.3 Å². The number of anilines is 3. The molecule has 1 aliphatic rings. The van der Waals surface area contributed by atoms with Crippen molar-refractivity contribution >= 4 is 17.6 Å². The number of nitrogens with one attached hydrogen (secondary N) is 3. The fourth-order valence-electron chi connectivity index (χ4n) is 3.09. The maximum absolute atomic E-state index is 8.82. The molecule has 0 aliphatic heterocycles. The summed E-state index contributed by atoms with van der Waals surface area (Å²) >= 11 is 0. The van der Waals surface area contributed by atoms with Crippen molar-refractivity contribution in [3.05, 3.63) is 17.8 Å². The number of H-pyrrole nitrogens is 1. The molecule has 0 aromatic carbocycles. The molecule has 8 nitrogen and oxygen atoms in total. The smallest absolute Gasteiger partial charge is 0.228 e. The molecule has 25 heavy (non-hydrogen) atoms. The van der Waals surface area contributed by atoms with Crippen molar-refractivity contribution < 1.29 is 4.74 Å². The van der Waals surface area contributed by atoms with Crippen LogP contribution >= 0.6 is 0 Å². The van der Waals surface area contributed by atoms with Crippen LogP contribution in [-0.4, -0.2) is 33.3 Å². The summed E-state index contributed by atoms with van der Waals surface area (Å²) in [5.74, 6) is 2.87. The highest BCUT2D eigenvalue weighted by Crippen LogP contribution is 2.28. The van der Waals surface area contributed by atoms with Crippen LogP contribution in [0.1, 0.15) is 37.8 Å². The highest BCUT2D eigenvalue weighted by Gasteiger charge is 2.21. The number of methoxy groups -OCH3 is 1. The van der Waals surface area contributed by atoms with E-state index in [1.54, 1.807) is 13.2 Å².